The Morgan fingerprint density at radius 3 is 2.37 bits per heavy atom. The molecular weight excluding hydrogens is 244 g/mol. The molecule has 0 bridgehead atoms. The van der Waals surface area contributed by atoms with Crippen molar-refractivity contribution in [1.29, 1.82) is 0 Å². The third-order valence-corrected chi connectivity index (χ3v) is 3.21. The van der Waals surface area contributed by atoms with Gasteiger partial charge in [0.25, 0.3) is 0 Å². The zero-order valence-corrected chi connectivity index (χ0v) is 10.3. The molecule has 0 atom stereocenters. The third kappa shape index (κ3) is 1.87. The second-order valence-corrected chi connectivity index (χ2v) is 4.40. The molecule has 3 heteroatoms. The van der Waals surface area contributed by atoms with Gasteiger partial charge >= 0.3 is 0 Å². The van der Waals surface area contributed by atoms with Crippen LogP contribution in [-0.2, 0) is 0 Å². The third-order valence-electron chi connectivity index (χ3n) is 3.21. The summed E-state index contributed by atoms with van der Waals surface area (Å²) >= 11 is 0. The maximum atomic E-state index is 14.4. The van der Waals surface area contributed by atoms with Crippen LogP contribution in [0.2, 0.25) is 0 Å². The minimum Gasteiger partial charge on any atom is -0.245 e. The summed E-state index contributed by atoms with van der Waals surface area (Å²) in [5, 5.41) is 0.750. The second kappa shape index (κ2) is 4.43. The Morgan fingerprint density at radius 1 is 0.895 bits per heavy atom. The predicted octanol–water partition coefficient (Wildman–Crippen LogP) is 4.49. The number of para-hydroxylation sites is 1. The largest absolute Gasteiger partial charge is 0.245 e. The molecule has 0 aliphatic carbocycles. The Hall–Kier alpha value is -2.29. The van der Waals surface area contributed by atoms with Crippen molar-refractivity contribution in [3.8, 4) is 11.3 Å². The standard InChI is InChI=1S/C16H11F2N/c1-10-11-6-3-5-9-14(11)19-16(15(10)18)12-7-2-4-8-13(12)17/h2-9H,1H3. The van der Waals surface area contributed by atoms with Crippen LogP contribution >= 0.6 is 0 Å². The van der Waals surface area contributed by atoms with Crippen LogP contribution in [0, 0.1) is 18.6 Å². The first-order chi connectivity index (χ1) is 9.18. The molecule has 19 heavy (non-hydrogen) atoms. The number of rotatable bonds is 1. The van der Waals surface area contributed by atoms with E-state index < -0.39 is 11.6 Å². The van der Waals surface area contributed by atoms with E-state index in [1.165, 1.54) is 12.1 Å². The van der Waals surface area contributed by atoms with E-state index in [2.05, 4.69) is 4.98 Å². The van der Waals surface area contributed by atoms with E-state index in [-0.39, 0.29) is 11.3 Å². The number of hydrogen-bond donors (Lipinski definition) is 0. The summed E-state index contributed by atoms with van der Waals surface area (Å²) in [6, 6.07) is 13.4. The zero-order valence-electron chi connectivity index (χ0n) is 10.3. The fourth-order valence-corrected chi connectivity index (χ4v) is 2.19. The molecule has 0 unspecified atom stereocenters. The quantitative estimate of drug-likeness (QED) is 0.624. The molecule has 3 aromatic rings. The van der Waals surface area contributed by atoms with Crippen molar-refractivity contribution in [2.45, 2.75) is 6.92 Å². The van der Waals surface area contributed by atoms with Crippen molar-refractivity contribution >= 4 is 10.9 Å². The molecule has 0 amide bonds. The van der Waals surface area contributed by atoms with Crippen LogP contribution in [0.5, 0.6) is 0 Å². The Bertz CT molecular complexity index is 766. The van der Waals surface area contributed by atoms with Gasteiger partial charge in [-0.1, -0.05) is 30.3 Å². The number of benzene rings is 2. The Kier molecular flexibility index (Phi) is 2.75. The first-order valence-corrected chi connectivity index (χ1v) is 5.98. The molecule has 0 saturated heterocycles. The monoisotopic (exact) mass is 255 g/mol. The van der Waals surface area contributed by atoms with Gasteiger partial charge in [-0.3, -0.25) is 0 Å². The van der Waals surface area contributed by atoms with Gasteiger partial charge in [-0.05, 0) is 30.7 Å². The highest BCUT2D eigenvalue weighted by Gasteiger charge is 2.15. The molecule has 0 N–H and O–H groups in total. The van der Waals surface area contributed by atoms with E-state index in [9.17, 15) is 8.78 Å². The first kappa shape index (κ1) is 11.8. The highest BCUT2D eigenvalue weighted by Crippen LogP contribution is 2.29. The molecule has 1 aromatic heterocycles. The van der Waals surface area contributed by atoms with Gasteiger partial charge in [0.1, 0.15) is 11.5 Å². The number of fused-ring (bicyclic) bond motifs is 1. The molecule has 2 aromatic carbocycles. The Labute approximate surface area is 109 Å². The summed E-state index contributed by atoms with van der Waals surface area (Å²) in [5.74, 6) is -0.938. The van der Waals surface area contributed by atoms with Crippen LogP contribution < -0.4 is 0 Å². The average molecular weight is 255 g/mol. The maximum absolute atomic E-state index is 14.4. The predicted molar refractivity (Wildman–Crippen MR) is 71.8 cm³/mol. The molecule has 0 aliphatic rings. The first-order valence-electron chi connectivity index (χ1n) is 5.98. The smallest absolute Gasteiger partial charge is 0.153 e. The van der Waals surface area contributed by atoms with Gasteiger partial charge in [0.05, 0.1) is 5.52 Å². The number of aromatic nitrogens is 1. The van der Waals surface area contributed by atoms with E-state index >= 15 is 0 Å². The molecule has 0 spiro atoms. The average Bonchev–Trinajstić information content (AvgIpc) is 2.44. The van der Waals surface area contributed by atoms with Crippen molar-refractivity contribution in [2.75, 3.05) is 0 Å². The van der Waals surface area contributed by atoms with Crippen LogP contribution in [-0.4, -0.2) is 4.98 Å². The Morgan fingerprint density at radius 2 is 1.58 bits per heavy atom. The van der Waals surface area contributed by atoms with Crippen molar-refractivity contribution < 1.29 is 8.78 Å². The zero-order chi connectivity index (χ0) is 13.4. The van der Waals surface area contributed by atoms with Crippen LogP contribution in [0.3, 0.4) is 0 Å². The molecule has 0 radical (unpaired) electrons. The van der Waals surface area contributed by atoms with Crippen LogP contribution in [0.1, 0.15) is 5.56 Å². The molecule has 0 aliphatic heterocycles. The van der Waals surface area contributed by atoms with Gasteiger partial charge in [0.2, 0.25) is 0 Å². The summed E-state index contributed by atoms with van der Waals surface area (Å²) in [5.41, 5.74) is 1.41. The molecule has 0 fully saturated rings. The molecular formula is C16H11F2N. The van der Waals surface area contributed by atoms with Gasteiger partial charge < -0.3 is 0 Å². The van der Waals surface area contributed by atoms with Gasteiger partial charge in [-0.25, -0.2) is 13.8 Å². The lowest BCUT2D eigenvalue weighted by Gasteiger charge is -2.09. The van der Waals surface area contributed by atoms with E-state index in [4.69, 9.17) is 0 Å². The fourth-order valence-electron chi connectivity index (χ4n) is 2.19. The van der Waals surface area contributed by atoms with Gasteiger partial charge in [0.15, 0.2) is 5.82 Å². The van der Waals surface area contributed by atoms with Crippen LogP contribution in [0.4, 0.5) is 8.78 Å². The number of hydrogen-bond acceptors (Lipinski definition) is 1. The van der Waals surface area contributed by atoms with Crippen molar-refractivity contribution in [1.82, 2.24) is 4.98 Å². The number of halogens is 2. The fraction of sp³-hybridized carbons (Fsp3) is 0.0625. The van der Waals surface area contributed by atoms with Gasteiger partial charge in [0, 0.05) is 10.9 Å². The highest BCUT2D eigenvalue weighted by molar-refractivity contribution is 5.85. The molecule has 1 heterocycles. The van der Waals surface area contributed by atoms with Crippen LogP contribution in [0.15, 0.2) is 48.5 Å². The number of pyridine rings is 1. The summed E-state index contributed by atoms with van der Waals surface area (Å²) in [6.07, 6.45) is 0. The van der Waals surface area contributed by atoms with E-state index in [1.54, 1.807) is 25.1 Å². The van der Waals surface area contributed by atoms with Gasteiger partial charge in [-0.15, -0.1) is 0 Å². The normalized spacial score (nSPS) is 10.9. The molecule has 0 saturated carbocycles. The summed E-state index contributed by atoms with van der Waals surface area (Å²) in [6.45, 7) is 1.68. The van der Waals surface area contributed by atoms with Crippen molar-refractivity contribution in [3.63, 3.8) is 0 Å². The van der Waals surface area contributed by atoms with Crippen LogP contribution in [0.25, 0.3) is 22.2 Å². The molecule has 3 rings (SSSR count). The van der Waals surface area contributed by atoms with E-state index in [0.29, 0.717) is 11.1 Å². The van der Waals surface area contributed by atoms with E-state index in [0.717, 1.165) is 5.39 Å². The summed E-state index contributed by atoms with van der Waals surface area (Å²) in [7, 11) is 0. The molecule has 94 valence electrons. The second-order valence-electron chi connectivity index (χ2n) is 4.40. The van der Waals surface area contributed by atoms with Crippen molar-refractivity contribution in [3.05, 3.63) is 65.7 Å². The molecule has 1 nitrogen and oxygen atoms in total. The summed E-state index contributed by atoms with van der Waals surface area (Å²) in [4.78, 5) is 4.25. The lowest BCUT2D eigenvalue weighted by molar-refractivity contribution is 0.608. The number of aryl methyl sites for hydroxylation is 1. The van der Waals surface area contributed by atoms with Gasteiger partial charge in [-0.2, -0.15) is 0 Å². The maximum Gasteiger partial charge on any atom is 0.153 e. The topological polar surface area (TPSA) is 12.9 Å². The lowest BCUT2D eigenvalue weighted by Crippen LogP contribution is -1.97. The minimum atomic E-state index is -0.469. The summed E-state index contributed by atoms with van der Waals surface area (Å²) < 4.78 is 28.1. The van der Waals surface area contributed by atoms with E-state index in [1.807, 2.05) is 18.2 Å². The lowest BCUT2D eigenvalue weighted by atomic mass is 10.0. The Balaban J connectivity index is 2.37. The SMILES string of the molecule is Cc1c(F)c(-c2ccccc2F)nc2ccccc12. The highest BCUT2D eigenvalue weighted by atomic mass is 19.1. The minimum absolute atomic E-state index is 0.0642. The van der Waals surface area contributed by atoms with Crippen molar-refractivity contribution in [2.24, 2.45) is 0 Å². The number of nitrogens with zero attached hydrogens (tertiary/aromatic N) is 1.